The highest BCUT2D eigenvalue weighted by Gasteiger charge is 2.15. The largest absolute Gasteiger partial charge is 0.412 e. The van der Waals surface area contributed by atoms with Gasteiger partial charge in [-0.25, -0.2) is 4.98 Å². The predicted octanol–water partition coefficient (Wildman–Crippen LogP) is 2.53. The first-order valence-electron chi connectivity index (χ1n) is 9.50. The Morgan fingerprint density at radius 1 is 1.19 bits per heavy atom. The Labute approximate surface area is 181 Å². The molecule has 0 spiro atoms. The van der Waals surface area contributed by atoms with Crippen LogP contribution in [0.1, 0.15) is 6.42 Å². The van der Waals surface area contributed by atoms with E-state index in [0.717, 1.165) is 27.2 Å². The first-order chi connectivity index (χ1) is 14.7. The van der Waals surface area contributed by atoms with Gasteiger partial charge in [0, 0.05) is 52.4 Å². The van der Waals surface area contributed by atoms with Crippen molar-refractivity contribution in [2.75, 3.05) is 29.6 Å². The summed E-state index contributed by atoms with van der Waals surface area (Å²) in [6.07, 6.45) is 5.71. The van der Waals surface area contributed by atoms with Crippen molar-refractivity contribution in [3.8, 4) is 0 Å². The number of hydrogen-bond acceptors (Lipinski definition) is 7. The second-order valence-corrected chi connectivity index (χ2v) is 8.06. The number of H-pyrrole nitrogens is 1. The van der Waals surface area contributed by atoms with Gasteiger partial charge in [-0.2, -0.15) is 10.1 Å². The topological polar surface area (TPSA) is 139 Å². The number of anilines is 4. The van der Waals surface area contributed by atoms with Crippen LogP contribution in [0, 0.1) is 0 Å². The zero-order valence-electron chi connectivity index (χ0n) is 16.9. The lowest BCUT2D eigenvalue weighted by Crippen LogP contribution is -2.21. The fourth-order valence-electron chi connectivity index (χ4n) is 3.22. The molecular formula is C21H24N6O3S. The summed E-state index contributed by atoms with van der Waals surface area (Å²) < 4.78 is 11.8. The molecule has 1 unspecified atom stereocenters. The van der Waals surface area contributed by atoms with E-state index in [1.165, 1.54) is 0 Å². The van der Waals surface area contributed by atoms with Gasteiger partial charge in [-0.1, -0.05) is 12.1 Å². The van der Waals surface area contributed by atoms with Crippen molar-refractivity contribution in [1.82, 2.24) is 20.2 Å². The van der Waals surface area contributed by atoms with E-state index in [1.54, 1.807) is 18.6 Å². The lowest BCUT2D eigenvalue weighted by atomic mass is 10.2. The van der Waals surface area contributed by atoms with Crippen LogP contribution in [0.2, 0.25) is 0 Å². The maximum atomic E-state index is 11.8. The molecule has 0 saturated carbocycles. The van der Waals surface area contributed by atoms with Crippen molar-refractivity contribution in [3.05, 3.63) is 60.9 Å². The van der Waals surface area contributed by atoms with Crippen LogP contribution in [0.25, 0.3) is 10.9 Å². The molecule has 2 aromatic heterocycles. The maximum absolute atomic E-state index is 11.8. The monoisotopic (exact) mass is 440 g/mol. The van der Waals surface area contributed by atoms with E-state index in [0.29, 0.717) is 24.7 Å². The molecule has 9 nitrogen and oxygen atoms in total. The van der Waals surface area contributed by atoms with Gasteiger partial charge >= 0.3 is 0 Å². The molecule has 5 N–H and O–H groups in total. The number of aromatic amines is 1. The van der Waals surface area contributed by atoms with Crippen LogP contribution in [0.4, 0.5) is 23.1 Å². The maximum Gasteiger partial charge on any atom is 0.229 e. The Balaban J connectivity index is 0.00000272. The lowest BCUT2D eigenvalue weighted by Gasteiger charge is -2.24. The van der Waals surface area contributed by atoms with E-state index in [4.69, 9.17) is 0 Å². The molecule has 4 aromatic rings. The van der Waals surface area contributed by atoms with Gasteiger partial charge in [0.15, 0.2) is 0 Å². The Morgan fingerprint density at radius 3 is 2.84 bits per heavy atom. The van der Waals surface area contributed by atoms with Crippen LogP contribution >= 0.6 is 0 Å². The van der Waals surface area contributed by atoms with Gasteiger partial charge in [0.1, 0.15) is 5.82 Å². The summed E-state index contributed by atoms with van der Waals surface area (Å²) in [5, 5.41) is 20.7. The Morgan fingerprint density at radius 2 is 2.03 bits per heavy atom. The fraction of sp³-hybridized carbons (Fsp3) is 0.190. The van der Waals surface area contributed by atoms with Gasteiger partial charge < -0.3 is 20.8 Å². The van der Waals surface area contributed by atoms with Crippen molar-refractivity contribution in [1.29, 1.82) is 0 Å². The average molecular weight is 441 g/mol. The van der Waals surface area contributed by atoms with Gasteiger partial charge in [0.25, 0.3) is 0 Å². The predicted molar refractivity (Wildman–Crippen MR) is 123 cm³/mol. The van der Waals surface area contributed by atoms with E-state index < -0.39 is 10.8 Å². The molecule has 1 atom stereocenters. The summed E-state index contributed by atoms with van der Waals surface area (Å²) in [5.41, 5.74) is 2.64. The molecule has 4 rings (SSSR count). The highest BCUT2D eigenvalue weighted by Crippen LogP contribution is 2.31. The van der Waals surface area contributed by atoms with Crippen LogP contribution in [0.5, 0.6) is 0 Å². The van der Waals surface area contributed by atoms with Crippen molar-refractivity contribution < 1.29 is 14.8 Å². The molecule has 162 valence electrons. The molecule has 0 aliphatic heterocycles. The van der Waals surface area contributed by atoms with Crippen molar-refractivity contribution in [2.45, 2.75) is 11.3 Å². The summed E-state index contributed by atoms with van der Waals surface area (Å²) in [6.45, 7) is 0.663. The lowest BCUT2D eigenvalue weighted by molar-refractivity contribution is 0.291. The van der Waals surface area contributed by atoms with E-state index in [9.17, 15) is 9.32 Å². The van der Waals surface area contributed by atoms with E-state index in [-0.39, 0.29) is 12.1 Å². The molecule has 0 aliphatic carbocycles. The molecule has 0 saturated heterocycles. The SMILES string of the molecule is CS(=O)c1cccc(Nc2nccc(N(CCCO)c3cccc4[nH]ncc34)n2)c1.O. The van der Waals surface area contributed by atoms with Crippen LogP contribution in [0.3, 0.4) is 0 Å². The van der Waals surface area contributed by atoms with E-state index in [1.807, 2.05) is 53.4 Å². The quantitative estimate of drug-likeness (QED) is 0.383. The van der Waals surface area contributed by atoms with Crippen LogP contribution in [-0.4, -0.2) is 54.4 Å². The van der Waals surface area contributed by atoms with Crippen LogP contribution < -0.4 is 10.2 Å². The second-order valence-electron chi connectivity index (χ2n) is 6.68. The third-order valence-corrected chi connectivity index (χ3v) is 5.55. The molecule has 2 aromatic carbocycles. The summed E-state index contributed by atoms with van der Waals surface area (Å²) in [4.78, 5) is 11.8. The van der Waals surface area contributed by atoms with Crippen molar-refractivity contribution in [3.63, 3.8) is 0 Å². The Kier molecular flexibility index (Phi) is 7.29. The summed E-state index contributed by atoms with van der Waals surface area (Å²) in [5.74, 6) is 1.13. The third kappa shape index (κ3) is 5.05. The van der Waals surface area contributed by atoms with E-state index in [2.05, 4.69) is 25.5 Å². The Bertz CT molecular complexity index is 1180. The van der Waals surface area contributed by atoms with Crippen LogP contribution in [0.15, 0.2) is 65.8 Å². The minimum absolute atomic E-state index is 0. The highest BCUT2D eigenvalue weighted by molar-refractivity contribution is 7.84. The van der Waals surface area contributed by atoms with Gasteiger partial charge in [0.05, 0.1) is 17.4 Å². The zero-order valence-corrected chi connectivity index (χ0v) is 17.8. The number of fused-ring (bicyclic) bond motifs is 1. The Hall–Kier alpha value is -3.34. The minimum Gasteiger partial charge on any atom is -0.412 e. The number of benzene rings is 2. The van der Waals surface area contributed by atoms with Gasteiger partial charge in [-0.15, -0.1) is 0 Å². The molecule has 0 aliphatic rings. The molecule has 0 radical (unpaired) electrons. The van der Waals surface area contributed by atoms with Crippen molar-refractivity contribution >= 4 is 44.8 Å². The number of rotatable bonds is 8. The smallest absolute Gasteiger partial charge is 0.229 e. The van der Waals surface area contributed by atoms with Crippen LogP contribution in [-0.2, 0) is 10.8 Å². The number of nitrogens with one attached hydrogen (secondary N) is 2. The summed E-state index contributed by atoms with van der Waals surface area (Å²) in [7, 11) is -1.07. The molecular weight excluding hydrogens is 416 g/mol. The number of nitrogens with zero attached hydrogens (tertiary/aromatic N) is 4. The molecule has 0 bridgehead atoms. The first kappa shape index (κ1) is 22.3. The second kappa shape index (κ2) is 10.1. The third-order valence-electron chi connectivity index (χ3n) is 4.63. The standard InChI is InChI=1S/C21H22N6O2S.H2O/c1-30(29)16-6-2-5-15(13-16)24-21-22-10-9-20(25-21)27(11-4-12-28)19-8-3-7-18-17(19)14-23-26-18;/h2-3,5-10,13-14,28H,4,11-12H2,1H3,(H,23,26)(H,22,24,25);1H2. The molecule has 0 amide bonds. The molecule has 31 heavy (non-hydrogen) atoms. The van der Waals surface area contributed by atoms with Gasteiger partial charge in [-0.3, -0.25) is 9.31 Å². The fourth-order valence-corrected chi connectivity index (χ4v) is 3.78. The first-order valence-corrected chi connectivity index (χ1v) is 11.1. The van der Waals surface area contributed by atoms with Gasteiger partial charge in [0.2, 0.25) is 5.95 Å². The summed E-state index contributed by atoms with van der Waals surface area (Å²) >= 11 is 0. The number of aliphatic hydroxyl groups is 1. The number of aliphatic hydroxyl groups excluding tert-OH is 1. The zero-order chi connectivity index (χ0) is 20.9. The van der Waals surface area contributed by atoms with E-state index >= 15 is 0 Å². The number of hydrogen-bond donors (Lipinski definition) is 3. The molecule has 2 heterocycles. The minimum atomic E-state index is -1.07. The van der Waals surface area contributed by atoms with Crippen molar-refractivity contribution in [2.24, 2.45) is 0 Å². The normalized spacial score (nSPS) is 11.7. The average Bonchev–Trinajstić information content (AvgIpc) is 3.24. The summed E-state index contributed by atoms with van der Waals surface area (Å²) in [6, 6.07) is 15.1. The highest BCUT2D eigenvalue weighted by atomic mass is 32.2. The molecule has 0 fully saturated rings. The van der Waals surface area contributed by atoms with Gasteiger partial charge in [-0.05, 0) is 42.8 Å². The molecule has 10 heteroatoms. The number of aromatic nitrogens is 4.